The average Bonchev–Trinajstić information content (AvgIpc) is 2.40. The van der Waals surface area contributed by atoms with E-state index in [1.165, 1.54) is 16.7 Å². The molecule has 20 heavy (non-hydrogen) atoms. The summed E-state index contributed by atoms with van der Waals surface area (Å²) in [6.45, 7) is 14.3. The van der Waals surface area contributed by atoms with Gasteiger partial charge in [-0.1, -0.05) is 43.6 Å². The second kappa shape index (κ2) is 6.95. The number of halogens is 1. The summed E-state index contributed by atoms with van der Waals surface area (Å²) >= 11 is 3.68. The molecule has 114 valence electrons. The van der Waals surface area contributed by atoms with Crippen molar-refractivity contribution in [3.8, 4) is 5.75 Å². The molecule has 0 aliphatic rings. The van der Waals surface area contributed by atoms with Crippen molar-refractivity contribution in [2.45, 2.75) is 54.0 Å². The van der Waals surface area contributed by atoms with E-state index in [2.05, 4.69) is 68.9 Å². The van der Waals surface area contributed by atoms with Gasteiger partial charge in [-0.25, -0.2) is 0 Å². The minimum atomic E-state index is 0.168. The molecule has 1 rings (SSSR count). The SMILES string of the molecule is CCNC(c1c(C)c(Br)cc(C)c1OC)C(C)(C)CC. The summed E-state index contributed by atoms with van der Waals surface area (Å²) in [6.07, 6.45) is 1.11. The molecular weight excluding hydrogens is 314 g/mol. The molecule has 1 unspecified atom stereocenters. The van der Waals surface area contributed by atoms with Crippen LogP contribution in [-0.4, -0.2) is 13.7 Å². The fraction of sp³-hybridized carbons (Fsp3) is 0.647. The van der Waals surface area contributed by atoms with Gasteiger partial charge >= 0.3 is 0 Å². The topological polar surface area (TPSA) is 21.3 Å². The van der Waals surface area contributed by atoms with Crippen molar-refractivity contribution in [3.63, 3.8) is 0 Å². The fourth-order valence-electron chi connectivity index (χ4n) is 2.67. The molecule has 0 spiro atoms. The monoisotopic (exact) mass is 341 g/mol. The molecule has 0 radical (unpaired) electrons. The number of aryl methyl sites for hydroxylation is 1. The Labute approximate surface area is 132 Å². The second-order valence-corrected chi connectivity index (χ2v) is 6.93. The third-order valence-electron chi connectivity index (χ3n) is 4.30. The first kappa shape index (κ1) is 17.5. The Bertz CT molecular complexity index is 469. The molecule has 0 aliphatic carbocycles. The van der Waals surface area contributed by atoms with Crippen LogP contribution in [0.4, 0.5) is 0 Å². The number of ether oxygens (including phenoxy) is 1. The van der Waals surface area contributed by atoms with Crippen molar-refractivity contribution in [3.05, 3.63) is 27.2 Å². The summed E-state index contributed by atoms with van der Waals surface area (Å²) < 4.78 is 6.87. The van der Waals surface area contributed by atoms with Crippen molar-refractivity contribution < 1.29 is 4.74 Å². The molecule has 0 heterocycles. The van der Waals surface area contributed by atoms with E-state index >= 15 is 0 Å². The first-order valence-electron chi connectivity index (χ1n) is 7.37. The number of rotatable bonds is 6. The van der Waals surface area contributed by atoms with Crippen LogP contribution in [0.2, 0.25) is 0 Å². The van der Waals surface area contributed by atoms with Gasteiger partial charge in [-0.3, -0.25) is 0 Å². The number of methoxy groups -OCH3 is 1. The zero-order valence-corrected chi connectivity index (χ0v) is 15.4. The third-order valence-corrected chi connectivity index (χ3v) is 5.13. The number of hydrogen-bond acceptors (Lipinski definition) is 2. The Morgan fingerprint density at radius 3 is 2.35 bits per heavy atom. The maximum absolute atomic E-state index is 5.72. The van der Waals surface area contributed by atoms with Crippen molar-refractivity contribution in [2.24, 2.45) is 5.41 Å². The van der Waals surface area contributed by atoms with Crippen LogP contribution < -0.4 is 10.1 Å². The lowest BCUT2D eigenvalue weighted by Gasteiger charge is -2.37. The van der Waals surface area contributed by atoms with E-state index in [9.17, 15) is 0 Å². The highest BCUT2D eigenvalue weighted by Gasteiger charge is 2.33. The first-order valence-corrected chi connectivity index (χ1v) is 8.16. The Balaban J connectivity index is 3.54. The van der Waals surface area contributed by atoms with Crippen molar-refractivity contribution in [1.29, 1.82) is 0 Å². The molecule has 1 aromatic carbocycles. The van der Waals surface area contributed by atoms with E-state index in [4.69, 9.17) is 4.74 Å². The molecule has 3 heteroatoms. The predicted molar refractivity (Wildman–Crippen MR) is 90.7 cm³/mol. The Kier molecular flexibility index (Phi) is 6.08. The van der Waals surface area contributed by atoms with Gasteiger partial charge in [-0.05, 0) is 49.4 Å². The summed E-state index contributed by atoms with van der Waals surface area (Å²) in [6, 6.07) is 2.42. The van der Waals surface area contributed by atoms with Gasteiger partial charge in [-0.15, -0.1) is 0 Å². The molecule has 1 aromatic rings. The molecule has 0 aliphatic heterocycles. The summed E-state index contributed by atoms with van der Waals surface area (Å²) in [4.78, 5) is 0. The lowest BCUT2D eigenvalue weighted by Crippen LogP contribution is -2.35. The van der Waals surface area contributed by atoms with Crippen LogP contribution in [0.25, 0.3) is 0 Å². The van der Waals surface area contributed by atoms with Gasteiger partial charge in [0.2, 0.25) is 0 Å². The summed E-state index contributed by atoms with van der Waals surface area (Å²) in [5.41, 5.74) is 3.89. The number of nitrogens with one attached hydrogen (secondary N) is 1. The molecule has 0 saturated heterocycles. The number of benzene rings is 1. The van der Waals surface area contributed by atoms with Gasteiger partial charge < -0.3 is 10.1 Å². The number of hydrogen-bond donors (Lipinski definition) is 1. The Hall–Kier alpha value is -0.540. The van der Waals surface area contributed by atoms with E-state index in [1.54, 1.807) is 7.11 Å². The summed E-state index contributed by atoms with van der Waals surface area (Å²) in [5.74, 6) is 1.01. The van der Waals surface area contributed by atoms with Gasteiger partial charge in [0.05, 0.1) is 7.11 Å². The summed E-state index contributed by atoms with van der Waals surface area (Å²) in [7, 11) is 1.77. The fourth-order valence-corrected chi connectivity index (χ4v) is 3.23. The lowest BCUT2D eigenvalue weighted by molar-refractivity contribution is 0.230. The van der Waals surface area contributed by atoms with Crippen LogP contribution in [0.1, 0.15) is 56.8 Å². The van der Waals surface area contributed by atoms with Gasteiger partial charge in [0.15, 0.2) is 0 Å². The van der Waals surface area contributed by atoms with Crippen molar-refractivity contribution >= 4 is 15.9 Å². The zero-order chi connectivity index (χ0) is 15.5. The van der Waals surface area contributed by atoms with Gasteiger partial charge in [-0.2, -0.15) is 0 Å². The van der Waals surface area contributed by atoms with Gasteiger partial charge in [0.25, 0.3) is 0 Å². The van der Waals surface area contributed by atoms with Gasteiger partial charge in [0, 0.05) is 16.1 Å². The predicted octanol–water partition coefficient (Wildman–Crippen LogP) is 5.16. The Morgan fingerprint density at radius 1 is 1.30 bits per heavy atom. The standard InChI is InChI=1S/C17H28BrNO/c1-8-17(5,6)16(19-9-2)14-12(4)13(18)10-11(3)15(14)20-7/h10,16,19H,8-9H2,1-7H3. The van der Waals surface area contributed by atoms with E-state index < -0.39 is 0 Å². The van der Waals surface area contributed by atoms with E-state index in [-0.39, 0.29) is 11.5 Å². The van der Waals surface area contributed by atoms with Crippen LogP contribution in [0.3, 0.4) is 0 Å². The molecule has 0 fully saturated rings. The van der Waals surface area contributed by atoms with Crippen LogP contribution in [0.5, 0.6) is 5.75 Å². The van der Waals surface area contributed by atoms with Crippen LogP contribution in [0, 0.1) is 19.3 Å². The first-order chi connectivity index (χ1) is 9.30. The van der Waals surface area contributed by atoms with Crippen LogP contribution in [-0.2, 0) is 0 Å². The second-order valence-electron chi connectivity index (χ2n) is 6.08. The average molecular weight is 342 g/mol. The Morgan fingerprint density at radius 2 is 1.90 bits per heavy atom. The molecule has 0 bridgehead atoms. The van der Waals surface area contributed by atoms with E-state index in [0.717, 1.165) is 23.2 Å². The molecule has 1 N–H and O–H groups in total. The van der Waals surface area contributed by atoms with Gasteiger partial charge in [0.1, 0.15) is 5.75 Å². The smallest absolute Gasteiger partial charge is 0.126 e. The van der Waals surface area contributed by atoms with E-state index in [1.807, 2.05) is 0 Å². The minimum absolute atomic E-state index is 0.168. The highest BCUT2D eigenvalue weighted by molar-refractivity contribution is 9.10. The minimum Gasteiger partial charge on any atom is -0.496 e. The molecule has 0 aromatic heterocycles. The highest BCUT2D eigenvalue weighted by atomic mass is 79.9. The lowest BCUT2D eigenvalue weighted by atomic mass is 9.76. The summed E-state index contributed by atoms with van der Waals surface area (Å²) in [5, 5.41) is 3.66. The quantitative estimate of drug-likeness (QED) is 0.771. The van der Waals surface area contributed by atoms with E-state index in [0.29, 0.717) is 0 Å². The normalized spacial score (nSPS) is 13.4. The zero-order valence-electron chi connectivity index (χ0n) is 13.9. The van der Waals surface area contributed by atoms with Crippen LogP contribution in [0.15, 0.2) is 10.5 Å². The third kappa shape index (κ3) is 3.37. The highest BCUT2D eigenvalue weighted by Crippen LogP contribution is 2.44. The van der Waals surface area contributed by atoms with Crippen molar-refractivity contribution in [1.82, 2.24) is 5.32 Å². The maximum atomic E-state index is 5.72. The van der Waals surface area contributed by atoms with Crippen LogP contribution >= 0.6 is 15.9 Å². The van der Waals surface area contributed by atoms with Crippen molar-refractivity contribution in [2.75, 3.05) is 13.7 Å². The maximum Gasteiger partial charge on any atom is 0.126 e. The molecule has 1 atom stereocenters. The molecule has 0 saturated carbocycles. The molecular formula is C17H28BrNO. The molecule has 0 amide bonds. The molecule has 2 nitrogen and oxygen atoms in total. The largest absolute Gasteiger partial charge is 0.496 e.